The van der Waals surface area contributed by atoms with Crippen LogP contribution < -0.4 is 10.6 Å². The van der Waals surface area contributed by atoms with Gasteiger partial charge in [-0.05, 0) is 65.6 Å². The topological polar surface area (TPSA) is 74.3 Å². The molecule has 1 aromatic heterocycles. The van der Waals surface area contributed by atoms with Crippen molar-refractivity contribution in [3.05, 3.63) is 95.9 Å². The van der Waals surface area contributed by atoms with E-state index in [0.717, 1.165) is 53.6 Å². The van der Waals surface area contributed by atoms with Gasteiger partial charge in [-0.1, -0.05) is 30.3 Å². The average Bonchev–Trinajstić information content (AvgIpc) is 3.30. The van der Waals surface area contributed by atoms with Crippen LogP contribution in [-0.2, 0) is 11.3 Å². The summed E-state index contributed by atoms with van der Waals surface area (Å²) in [5, 5.41) is 6.94. The number of likely N-dealkylation sites (tertiary alicyclic amines) is 1. The largest absolute Gasteiger partial charge is 0.352 e. The number of rotatable bonds is 6. The first kappa shape index (κ1) is 23.6. The maximum Gasteiger partial charge on any atom is 0.255 e. The highest BCUT2D eigenvalue weighted by Crippen LogP contribution is 2.23. The molecule has 0 radical (unpaired) electrons. The van der Waals surface area contributed by atoms with E-state index < -0.39 is 0 Å². The van der Waals surface area contributed by atoms with Crippen LogP contribution in [-0.4, -0.2) is 40.8 Å². The Morgan fingerprint density at radius 3 is 2.44 bits per heavy atom. The highest BCUT2D eigenvalue weighted by atomic mass is 19.1. The standard InChI is InChI=1S/C29H27FN4O2/c1-19(35)32-27-12-13-34(18-27)17-20-14-24-8-11-26(15-28(24)31-16-20)33-29(36)23-4-2-21(3-5-23)22-6-9-25(30)10-7-22/h2-11,14-16,27H,12-13,17-18H2,1H3,(H,32,35)(H,33,36). The Morgan fingerprint density at radius 1 is 1.00 bits per heavy atom. The van der Waals surface area contributed by atoms with Crippen LogP contribution in [0, 0.1) is 5.82 Å². The first-order valence-electron chi connectivity index (χ1n) is 12.0. The molecular weight excluding hydrogens is 455 g/mol. The molecule has 0 aliphatic carbocycles. The molecule has 0 bridgehead atoms. The Morgan fingerprint density at radius 2 is 1.72 bits per heavy atom. The van der Waals surface area contributed by atoms with Gasteiger partial charge in [0.05, 0.1) is 5.52 Å². The average molecular weight is 483 g/mol. The lowest BCUT2D eigenvalue weighted by molar-refractivity contribution is -0.119. The zero-order chi connectivity index (χ0) is 25.1. The smallest absolute Gasteiger partial charge is 0.255 e. The lowest BCUT2D eigenvalue weighted by Crippen LogP contribution is -2.35. The van der Waals surface area contributed by atoms with Crippen LogP contribution in [0.4, 0.5) is 10.1 Å². The lowest BCUT2D eigenvalue weighted by Gasteiger charge is -2.16. The van der Waals surface area contributed by atoms with Gasteiger partial charge in [0, 0.05) is 55.4 Å². The molecule has 0 saturated carbocycles. The lowest BCUT2D eigenvalue weighted by atomic mass is 10.0. The number of halogens is 1. The van der Waals surface area contributed by atoms with Crippen molar-refractivity contribution < 1.29 is 14.0 Å². The maximum atomic E-state index is 13.2. The fraction of sp³-hybridized carbons (Fsp3) is 0.207. The molecule has 0 spiro atoms. The summed E-state index contributed by atoms with van der Waals surface area (Å²) in [6.45, 7) is 4.12. The molecule has 1 saturated heterocycles. The fourth-order valence-corrected chi connectivity index (χ4v) is 4.63. The van der Waals surface area contributed by atoms with Crippen LogP contribution >= 0.6 is 0 Å². The van der Waals surface area contributed by atoms with E-state index >= 15 is 0 Å². The Balaban J connectivity index is 1.22. The summed E-state index contributed by atoms with van der Waals surface area (Å²) in [6.07, 6.45) is 2.83. The molecule has 2 heterocycles. The molecule has 6 nitrogen and oxygen atoms in total. The van der Waals surface area contributed by atoms with Gasteiger partial charge in [0.15, 0.2) is 0 Å². The molecule has 2 N–H and O–H groups in total. The van der Waals surface area contributed by atoms with Crippen molar-refractivity contribution in [2.45, 2.75) is 25.9 Å². The van der Waals surface area contributed by atoms with Crippen molar-refractivity contribution in [2.75, 3.05) is 18.4 Å². The van der Waals surface area contributed by atoms with Gasteiger partial charge in [-0.3, -0.25) is 19.5 Å². The second kappa shape index (κ2) is 10.3. The number of nitrogens with one attached hydrogen (secondary N) is 2. The second-order valence-corrected chi connectivity index (χ2v) is 9.21. The van der Waals surface area contributed by atoms with Gasteiger partial charge in [0.25, 0.3) is 5.91 Å². The van der Waals surface area contributed by atoms with Gasteiger partial charge in [0.2, 0.25) is 5.91 Å². The molecule has 1 fully saturated rings. The van der Waals surface area contributed by atoms with Crippen LogP contribution in [0.25, 0.3) is 22.0 Å². The van der Waals surface area contributed by atoms with Crippen LogP contribution in [0.5, 0.6) is 0 Å². The minimum absolute atomic E-state index is 0.0131. The number of anilines is 1. The van der Waals surface area contributed by atoms with E-state index in [4.69, 9.17) is 0 Å². The number of amides is 2. The van der Waals surface area contributed by atoms with Crippen molar-refractivity contribution >= 4 is 28.4 Å². The number of hydrogen-bond acceptors (Lipinski definition) is 4. The summed E-state index contributed by atoms with van der Waals surface area (Å²) >= 11 is 0. The van der Waals surface area contributed by atoms with Gasteiger partial charge in [-0.25, -0.2) is 4.39 Å². The summed E-state index contributed by atoms with van der Waals surface area (Å²) in [5.41, 5.74) is 4.93. The molecule has 1 aliphatic rings. The number of pyridine rings is 1. The second-order valence-electron chi connectivity index (χ2n) is 9.21. The van der Waals surface area contributed by atoms with Crippen LogP contribution in [0.1, 0.15) is 29.3 Å². The third-order valence-corrected chi connectivity index (χ3v) is 6.41. The number of nitrogens with zero attached hydrogens (tertiary/aromatic N) is 2. The first-order valence-corrected chi connectivity index (χ1v) is 12.0. The summed E-state index contributed by atoms with van der Waals surface area (Å²) in [5.74, 6) is -0.474. The van der Waals surface area contributed by atoms with E-state index in [1.165, 1.54) is 12.1 Å². The third kappa shape index (κ3) is 5.58. The SMILES string of the molecule is CC(=O)NC1CCN(Cc2cnc3cc(NC(=O)c4ccc(-c5ccc(F)cc5)cc4)ccc3c2)C1. The van der Waals surface area contributed by atoms with Crippen molar-refractivity contribution in [1.82, 2.24) is 15.2 Å². The molecule has 7 heteroatoms. The number of carbonyl (C=O) groups is 2. The number of carbonyl (C=O) groups excluding carboxylic acids is 2. The van der Waals surface area contributed by atoms with Crippen molar-refractivity contribution in [3.8, 4) is 11.1 Å². The van der Waals surface area contributed by atoms with Gasteiger partial charge < -0.3 is 10.6 Å². The Bertz CT molecular complexity index is 1400. The van der Waals surface area contributed by atoms with E-state index in [1.807, 2.05) is 36.5 Å². The van der Waals surface area contributed by atoms with Gasteiger partial charge in [-0.15, -0.1) is 0 Å². The monoisotopic (exact) mass is 482 g/mol. The Kier molecular flexibility index (Phi) is 6.73. The zero-order valence-corrected chi connectivity index (χ0v) is 20.0. The highest BCUT2D eigenvalue weighted by Gasteiger charge is 2.23. The maximum absolute atomic E-state index is 13.2. The molecule has 2 amide bonds. The number of aromatic nitrogens is 1. The van der Waals surface area contributed by atoms with Crippen molar-refractivity contribution in [2.24, 2.45) is 0 Å². The zero-order valence-electron chi connectivity index (χ0n) is 20.0. The molecule has 4 aromatic rings. The molecule has 1 atom stereocenters. The molecule has 182 valence electrons. The summed E-state index contributed by atoms with van der Waals surface area (Å²) in [6, 6.07) is 21.5. The van der Waals surface area contributed by atoms with Gasteiger partial charge in [-0.2, -0.15) is 0 Å². The van der Waals surface area contributed by atoms with E-state index in [1.54, 1.807) is 31.2 Å². The van der Waals surface area contributed by atoms with E-state index in [9.17, 15) is 14.0 Å². The molecule has 1 unspecified atom stereocenters. The molecular formula is C29H27FN4O2. The van der Waals surface area contributed by atoms with E-state index in [0.29, 0.717) is 11.3 Å². The third-order valence-electron chi connectivity index (χ3n) is 6.41. The molecule has 1 aliphatic heterocycles. The van der Waals surface area contributed by atoms with E-state index in [2.05, 4.69) is 26.6 Å². The van der Waals surface area contributed by atoms with Crippen molar-refractivity contribution in [1.29, 1.82) is 0 Å². The normalized spacial score (nSPS) is 15.7. The van der Waals surface area contributed by atoms with Gasteiger partial charge >= 0.3 is 0 Å². The number of benzene rings is 3. The summed E-state index contributed by atoms with van der Waals surface area (Å²) < 4.78 is 13.2. The number of fused-ring (bicyclic) bond motifs is 1. The quantitative estimate of drug-likeness (QED) is 0.406. The van der Waals surface area contributed by atoms with Crippen LogP contribution in [0.2, 0.25) is 0 Å². The summed E-state index contributed by atoms with van der Waals surface area (Å²) in [4.78, 5) is 31.0. The van der Waals surface area contributed by atoms with E-state index in [-0.39, 0.29) is 23.7 Å². The molecule has 36 heavy (non-hydrogen) atoms. The predicted molar refractivity (Wildman–Crippen MR) is 139 cm³/mol. The first-order chi connectivity index (χ1) is 17.4. The van der Waals surface area contributed by atoms with Crippen LogP contribution in [0.3, 0.4) is 0 Å². The predicted octanol–water partition coefficient (Wildman–Crippen LogP) is 5.00. The molecule has 5 rings (SSSR count). The van der Waals surface area contributed by atoms with Crippen LogP contribution in [0.15, 0.2) is 79.0 Å². The highest BCUT2D eigenvalue weighted by molar-refractivity contribution is 6.05. The minimum Gasteiger partial charge on any atom is -0.352 e. The van der Waals surface area contributed by atoms with Crippen molar-refractivity contribution in [3.63, 3.8) is 0 Å². The van der Waals surface area contributed by atoms with Gasteiger partial charge in [0.1, 0.15) is 5.82 Å². The molecule has 3 aromatic carbocycles. The Hall–Kier alpha value is -4.10. The number of hydrogen-bond donors (Lipinski definition) is 2. The Labute approximate surface area is 209 Å². The minimum atomic E-state index is -0.278. The fourth-order valence-electron chi connectivity index (χ4n) is 4.63. The summed E-state index contributed by atoms with van der Waals surface area (Å²) in [7, 11) is 0.